The van der Waals surface area contributed by atoms with Crippen molar-refractivity contribution in [3.8, 4) is 28.0 Å². The highest BCUT2D eigenvalue weighted by Gasteiger charge is 2.10. The lowest BCUT2D eigenvalue weighted by Gasteiger charge is -2.15. The molecule has 0 aliphatic heterocycles. The van der Waals surface area contributed by atoms with Crippen molar-refractivity contribution in [1.29, 1.82) is 0 Å². The summed E-state index contributed by atoms with van der Waals surface area (Å²) < 4.78 is 12.0. The number of unbranched alkanes of at least 4 members (excludes halogenated alkanes) is 11. The zero-order chi connectivity index (χ0) is 27.5. The predicted molar refractivity (Wildman–Crippen MR) is 169 cm³/mol. The molecule has 0 aromatic heterocycles. The van der Waals surface area contributed by atoms with E-state index in [2.05, 4.69) is 93.6 Å². The molecule has 3 aromatic carbocycles. The van der Waals surface area contributed by atoms with Crippen LogP contribution in [0.4, 0.5) is 0 Å². The summed E-state index contributed by atoms with van der Waals surface area (Å²) in [6.07, 6.45) is 17.3. The van der Waals surface area contributed by atoms with Crippen molar-refractivity contribution in [1.82, 2.24) is 0 Å². The standard InChI is InChI=1S/C37H52O2/c1-4-6-8-9-10-11-12-13-14-15-18-30-39-35-27-25-34(26-28-35)37-20-17-16-19-36(37)33-23-21-32(22-24-33)31(3)38-29-7-5-2/h16-17,19-28,31H,4-15,18,29-30H2,1-3H3. The van der Waals surface area contributed by atoms with Gasteiger partial charge in [-0.15, -0.1) is 0 Å². The number of hydrogen-bond donors (Lipinski definition) is 0. The number of hydrogen-bond acceptors (Lipinski definition) is 2. The third-order valence-corrected chi connectivity index (χ3v) is 7.67. The second-order valence-electron chi connectivity index (χ2n) is 10.9. The summed E-state index contributed by atoms with van der Waals surface area (Å²) in [7, 11) is 0. The van der Waals surface area contributed by atoms with E-state index in [1.165, 1.54) is 92.0 Å². The minimum Gasteiger partial charge on any atom is -0.494 e. The van der Waals surface area contributed by atoms with Gasteiger partial charge in [-0.25, -0.2) is 0 Å². The van der Waals surface area contributed by atoms with Gasteiger partial charge in [-0.2, -0.15) is 0 Å². The number of rotatable bonds is 20. The summed E-state index contributed by atoms with van der Waals surface area (Å²) in [5, 5.41) is 0. The van der Waals surface area contributed by atoms with Crippen LogP contribution in [-0.4, -0.2) is 13.2 Å². The van der Waals surface area contributed by atoms with Gasteiger partial charge in [-0.05, 0) is 59.7 Å². The van der Waals surface area contributed by atoms with Crippen molar-refractivity contribution in [3.05, 3.63) is 78.4 Å². The molecule has 0 heterocycles. The molecule has 3 aromatic rings. The summed E-state index contributed by atoms with van der Waals surface area (Å²) in [4.78, 5) is 0. The van der Waals surface area contributed by atoms with Crippen LogP contribution in [-0.2, 0) is 4.74 Å². The molecule has 0 radical (unpaired) electrons. The molecule has 0 fully saturated rings. The molecule has 0 aliphatic rings. The highest BCUT2D eigenvalue weighted by Crippen LogP contribution is 2.33. The molecule has 0 N–H and O–H groups in total. The highest BCUT2D eigenvalue weighted by molar-refractivity contribution is 5.83. The topological polar surface area (TPSA) is 18.5 Å². The van der Waals surface area contributed by atoms with Gasteiger partial charge in [0.2, 0.25) is 0 Å². The Bertz CT molecular complexity index is 1020. The lowest BCUT2D eigenvalue weighted by Crippen LogP contribution is -2.01. The maximum Gasteiger partial charge on any atom is 0.119 e. The largest absolute Gasteiger partial charge is 0.494 e. The third-order valence-electron chi connectivity index (χ3n) is 7.67. The summed E-state index contributed by atoms with van der Waals surface area (Å²) in [5.41, 5.74) is 6.17. The molecule has 212 valence electrons. The monoisotopic (exact) mass is 528 g/mol. The van der Waals surface area contributed by atoms with Crippen LogP contribution in [0.15, 0.2) is 72.8 Å². The molecule has 0 amide bonds. The molecule has 2 heteroatoms. The fourth-order valence-corrected chi connectivity index (χ4v) is 5.11. The minimum absolute atomic E-state index is 0.124. The van der Waals surface area contributed by atoms with Crippen LogP contribution in [0.25, 0.3) is 22.3 Å². The van der Waals surface area contributed by atoms with E-state index in [1.54, 1.807) is 0 Å². The molecular formula is C37H52O2. The average Bonchev–Trinajstić information content (AvgIpc) is 2.98. The van der Waals surface area contributed by atoms with E-state index in [0.717, 1.165) is 38.2 Å². The predicted octanol–water partition coefficient (Wildman–Crippen LogP) is 11.6. The van der Waals surface area contributed by atoms with Crippen LogP contribution in [0, 0.1) is 0 Å². The molecule has 0 saturated heterocycles. The van der Waals surface area contributed by atoms with Gasteiger partial charge in [0.25, 0.3) is 0 Å². The first-order valence-corrected chi connectivity index (χ1v) is 15.8. The molecule has 0 bridgehead atoms. The summed E-state index contributed by atoms with van der Waals surface area (Å²) in [6.45, 7) is 8.24. The summed E-state index contributed by atoms with van der Waals surface area (Å²) in [6, 6.07) is 26.1. The van der Waals surface area contributed by atoms with Gasteiger partial charge < -0.3 is 9.47 Å². The SMILES string of the molecule is CCCCCCCCCCCCCOc1ccc(-c2ccccc2-c2ccc(C(C)OCCCC)cc2)cc1. The molecule has 2 nitrogen and oxygen atoms in total. The lowest BCUT2D eigenvalue weighted by atomic mass is 9.94. The molecule has 0 spiro atoms. The molecule has 39 heavy (non-hydrogen) atoms. The van der Waals surface area contributed by atoms with Gasteiger partial charge in [0.1, 0.15) is 5.75 Å². The Labute approximate surface area is 239 Å². The second kappa shape index (κ2) is 18.7. The van der Waals surface area contributed by atoms with Crippen LogP contribution >= 0.6 is 0 Å². The molecule has 1 unspecified atom stereocenters. The molecule has 3 rings (SSSR count). The van der Waals surface area contributed by atoms with Crippen molar-refractivity contribution < 1.29 is 9.47 Å². The van der Waals surface area contributed by atoms with Gasteiger partial charge in [0, 0.05) is 6.61 Å². The summed E-state index contributed by atoms with van der Waals surface area (Å²) >= 11 is 0. The Morgan fingerprint density at radius 3 is 1.54 bits per heavy atom. The molecule has 0 saturated carbocycles. The normalized spacial score (nSPS) is 12.0. The minimum atomic E-state index is 0.124. The smallest absolute Gasteiger partial charge is 0.119 e. The Balaban J connectivity index is 1.43. The lowest BCUT2D eigenvalue weighted by molar-refractivity contribution is 0.0637. The van der Waals surface area contributed by atoms with Gasteiger partial charge in [0.15, 0.2) is 0 Å². The second-order valence-corrected chi connectivity index (χ2v) is 10.9. The van der Waals surface area contributed by atoms with E-state index in [1.807, 2.05) is 0 Å². The zero-order valence-corrected chi connectivity index (χ0v) is 24.9. The Morgan fingerprint density at radius 2 is 1.00 bits per heavy atom. The molecular weight excluding hydrogens is 476 g/mol. The van der Waals surface area contributed by atoms with Crippen LogP contribution < -0.4 is 4.74 Å². The highest BCUT2D eigenvalue weighted by atomic mass is 16.5. The first kappa shape index (κ1) is 31.0. The van der Waals surface area contributed by atoms with Gasteiger partial charge in [-0.1, -0.05) is 145 Å². The third kappa shape index (κ3) is 11.2. The Morgan fingerprint density at radius 1 is 0.513 bits per heavy atom. The zero-order valence-electron chi connectivity index (χ0n) is 24.9. The van der Waals surface area contributed by atoms with E-state index in [0.29, 0.717) is 0 Å². The van der Waals surface area contributed by atoms with Crippen molar-refractivity contribution in [2.75, 3.05) is 13.2 Å². The first-order valence-electron chi connectivity index (χ1n) is 15.8. The van der Waals surface area contributed by atoms with E-state index in [-0.39, 0.29) is 6.10 Å². The number of benzene rings is 3. The van der Waals surface area contributed by atoms with E-state index in [4.69, 9.17) is 9.47 Å². The molecule has 0 aliphatic carbocycles. The fraction of sp³-hybridized carbons (Fsp3) is 0.514. The van der Waals surface area contributed by atoms with Crippen molar-refractivity contribution in [2.45, 2.75) is 110 Å². The Hall–Kier alpha value is -2.58. The average molecular weight is 529 g/mol. The number of ether oxygens (including phenoxy) is 2. The van der Waals surface area contributed by atoms with E-state index < -0.39 is 0 Å². The van der Waals surface area contributed by atoms with Crippen LogP contribution in [0.2, 0.25) is 0 Å². The summed E-state index contributed by atoms with van der Waals surface area (Å²) in [5.74, 6) is 0.963. The van der Waals surface area contributed by atoms with Crippen LogP contribution in [0.5, 0.6) is 5.75 Å². The van der Waals surface area contributed by atoms with Crippen molar-refractivity contribution in [2.24, 2.45) is 0 Å². The van der Waals surface area contributed by atoms with Gasteiger partial charge in [0.05, 0.1) is 12.7 Å². The maximum atomic E-state index is 6.05. The first-order chi connectivity index (χ1) is 19.2. The van der Waals surface area contributed by atoms with E-state index in [9.17, 15) is 0 Å². The van der Waals surface area contributed by atoms with Gasteiger partial charge >= 0.3 is 0 Å². The molecule has 1 atom stereocenters. The van der Waals surface area contributed by atoms with Crippen LogP contribution in [0.1, 0.15) is 116 Å². The van der Waals surface area contributed by atoms with Gasteiger partial charge in [-0.3, -0.25) is 0 Å². The Kier molecular flexibility index (Phi) is 14.8. The fourth-order valence-electron chi connectivity index (χ4n) is 5.11. The maximum absolute atomic E-state index is 6.05. The van der Waals surface area contributed by atoms with Crippen molar-refractivity contribution >= 4 is 0 Å². The van der Waals surface area contributed by atoms with E-state index >= 15 is 0 Å². The quantitative estimate of drug-likeness (QED) is 0.136. The van der Waals surface area contributed by atoms with Crippen molar-refractivity contribution in [3.63, 3.8) is 0 Å². The van der Waals surface area contributed by atoms with Crippen LogP contribution in [0.3, 0.4) is 0 Å².